The van der Waals surface area contributed by atoms with Gasteiger partial charge in [-0.05, 0) is 19.1 Å². The molecule has 0 heterocycles. The van der Waals surface area contributed by atoms with Crippen molar-refractivity contribution < 1.29 is 23.8 Å². The summed E-state index contributed by atoms with van der Waals surface area (Å²) in [5.74, 6) is 0.118. The predicted octanol–water partition coefficient (Wildman–Crippen LogP) is 1.73. The highest BCUT2D eigenvalue weighted by molar-refractivity contribution is 5.86. The first-order valence-corrected chi connectivity index (χ1v) is 5.73. The van der Waals surface area contributed by atoms with Gasteiger partial charge in [0.25, 0.3) is 6.47 Å². The SMILES string of the molecule is C=C(C)C(=O)OCC(COc1ccccc1)OC=O. The van der Waals surface area contributed by atoms with Crippen molar-refractivity contribution in [3.8, 4) is 5.75 Å². The summed E-state index contributed by atoms with van der Waals surface area (Å²) < 4.78 is 15.1. The molecule has 0 radical (unpaired) electrons. The lowest BCUT2D eigenvalue weighted by Crippen LogP contribution is -2.28. The summed E-state index contributed by atoms with van der Waals surface area (Å²) in [7, 11) is 0. The molecule has 1 atom stereocenters. The number of benzene rings is 1. The highest BCUT2D eigenvalue weighted by atomic mass is 16.6. The van der Waals surface area contributed by atoms with Crippen molar-refractivity contribution in [1.82, 2.24) is 0 Å². The molecule has 5 heteroatoms. The van der Waals surface area contributed by atoms with E-state index in [0.717, 1.165) is 0 Å². The third-order valence-electron chi connectivity index (χ3n) is 2.18. The monoisotopic (exact) mass is 264 g/mol. The molecule has 5 nitrogen and oxygen atoms in total. The molecule has 0 spiro atoms. The third-order valence-corrected chi connectivity index (χ3v) is 2.18. The molecule has 0 bridgehead atoms. The minimum Gasteiger partial charge on any atom is -0.490 e. The average Bonchev–Trinajstić information content (AvgIpc) is 2.42. The maximum Gasteiger partial charge on any atom is 0.333 e. The number of ether oxygens (including phenoxy) is 3. The summed E-state index contributed by atoms with van der Waals surface area (Å²) in [4.78, 5) is 21.6. The minimum absolute atomic E-state index is 0.0722. The van der Waals surface area contributed by atoms with Crippen LogP contribution in [0.1, 0.15) is 6.92 Å². The Kier molecular flexibility index (Phi) is 6.15. The third kappa shape index (κ3) is 5.72. The summed E-state index contributed by atoms with van der Waals surface area (Å²) in [6.45, 7) is 5.33. The molecule has 0 aliphatic heterocycles. The van der Waals surface area contributed by atoms with Gasteiger partial charge in [0, 0.05) is 5.57 Å². The number of carbonyl (C=O) groups is 2. The van der Waals surface area contributed by atoms with Gasteiger partial charge in [-0.1, -0.05) is 24.8 Å². The number of para-hydroxylation sites is 1. The smallest absolute Gasteiger partial charge is 0.333 e. The van der Waals surface area contributed by atoms with Crippen molar-refractivity contribution in [2.45, 2.75) is 13.0 Å². The Balaban J connectivity index is 2.42. The van der Waals surface area contributed by atoms with E-state index in [1.165, 1.54) is 0 Å². The normalized spacial score (nSPS) is 11.2. The topological polar surface area (TPSA) is 61.8 Å². The van der Waals surface area contributed by atoms with Gasteiger partial charge in [0.15, 0.2) is 6.10 Å². The number of carbonyl (C=O) groups excluding carboxylic acids is 2. The lowest BCUT2D eigenvalue weighted by Gasteiger charge is -2.16. The van der Waals surface area contributed by atoms with Gasteiger partial charge in [0.2, 0.25) is 0 Å². The van der Waals surface area contributed by atoms with E-state index in [0.29, 0.717) is 12.2 Å². The van der Waals surface area contributed by atoms with Crippen LogP contribution in [-0.4, -0.2) is 31.8 Å². The summed E-state index contributed by atoms with van der Waals surface area (Å²) in [6, 6.07) is 9.06. The first-order valence-electron chi connectivity index (χ1n) is 5.73. The van der Waals surface area contributed by atoms with Crippen LogP contribution in [0.5, 0.6) is 5.75 Å². The fourth-order valence-electron chi connectivity index (χ4n) is 1.20. The zero-order valence-corrected chi connectivity index (χ0v) is 10.7. The van der Waals surface area contributed by atoms with Gasteiger partial charge in [0.05, 0.1) is 0 Å². The van der Waals surface area contributed by atoms with Crippen LogP contribution < -0.4 is 4.74 Å². The molecule has 1 rings (SSSR count). The van der Waals surface area contributed by atoms with Crippen LogP contribution in [-0.2, 0) is 19.1 Å². The number of rotatable bonds is 8. The molecule has 0 aliphatic rings. The first-order chi connectivity index (χ1) is 9.13. The standard InChI is InChI=1S/C14H16O5/c1-11(2)14(16)18-9-13(19-10-15)8-17-12-6-4-3-5-7-12/h3-7,10,13H,1,8-9H2,2H3. The van der Waals surface area contributed by atoms with E-state index in [4.69, 9.17) is 14.2 Å². The fourth-order valence-corrected chi connectivity index (χ4v) is 1.20. The summed E-state index contributed by atoms with van der Waals surface area (Å²) >= 11 is 0. The maximum absolute atomic E-state index is 11.2. The van der Waals surface area contributed by atoms with E-state index >= 15 is 0 Å². The van der Waals surface area contributed by atoms with E-state index in [1.54, 1.807) is 19.1 Å². The summed E-state index contributed by atoms with van der Waals surface area (Å²) in [5.41, 5.74) is 0.286. The van der Waals surface area contributed by atoms with Crippen LogP contribution in [0.25, 0.3) is 0 Å². The van der Waals surface area contributed by atoms with E-state index < -0.39 is 12.1 Å². The van der Waals surface area contributed by atoms with Crippen molar-refractivity contribution in [3.63, 3.8) is 0 Å². The van der Waals surface area contributed by atoms with Crippen molar-refractivity contribution in [2.75, 3.05) is 13.2 Å². The van der Waals surface area contributed by atoms with Crippen molar-refractivity contribution in [3.05, 3.63) is 42.5 Å². The second-order valence-electron chi connectivity index (χ2n) is 3.86. The molecule has 19 heavy (non-hydrogen) atoms. The fraction of sp³-hybridized carbons (Fsp3) is 0.286. The Bertz CT molecular complexity index is 427. The van der Waals surface area contributed by atoms with Crippen molar-refractivity contribution in [1.29, 1.82) is 0 Å². The van der Waals surface area contributed by atoms with Gasteiger partial charge < -0.3 is 14.2 Å². The predicted molar refractivity (Wildman–Crippen MR) is 68.6 cm³/mol. The largest absolute Gasteiger partial charge is 0.490 e. The van der Waals surface area contributed by atoms with Gasteiger partial charge >= 0.3 is 5.97 Å². The molecule has 0 N–H and O–H groups in total. The molecular weight excluding hydrogens is 248 g/mol. The Morgan fingerprint density at radius 1 is 1.32 bits per heavy atom. The van der Waals surface area contributed by atoms with Crippen LogP contribution in [0, 0.1) is 0 Å². The quantitative estimate of drug-likeness (QED) is 0.406. The molecule has 1 unspecified atom stereocenters. The first kappa shape index (κ1) is 14.8. The number of hydrogen-bond acceptors (Lipinski definition) is 5. The van der Waals surface area contributed by atoms with E-state index in [2.05, 4.69) is 6.58 Å². The summed E-state index contributed by atoms with van der Waals surface area (Å²) in [5, 5.41) is 0. The van der Waals surface area contributed by atoms with Gasteiger partial charge in [0.1, 0.15) is 19.0 Å². The van der Waals surface area contributed by atoms with E-state index in [1.807, 2.05) is 18.2 Å². The highest BCUT2D eigenvalue weighted by Crippen LogP contribution is 2.09. The molecule has 1 aromatic rings. The zero-order chi connectivity index (χ0) is 14.1. The highest BCUT2D eigenvalue weighted by Gasteiger charge is 2.14. The Labute approximate surface area is 111 Å². The van der Waals surface area contributed by atoms with Crippen LogP contribution in [0.15, 0.2) is 42.5 Å². The number of hydrogen-bond donors (Lipinski definition) is 0. The minimum atomic E-state index is -0.652. The van der Waals surface area contributed by atoms with Crippen molar-refractivity contribution >= 4 is 12.4 Å². The zero-order valence-electron chi connectivity index (χ0n) is 10.7. The Morgan fingerprint density at radius 2 is 2.00 bits per heavy atom. The Hall–Kier alpha value is -2.30. The lowest BCUT2D eigenvalue weighted by molar-refractivity contribution is -0.149. The molecule has 0 fully saturated rings. The van der Waals surface area contributed by atoms with Crippen molar-refractivity contribution in [2.24, 2.45) is 0 Å². The Morgan fingerprint density at radius 3 is 2.58 bits per heavy atom. The molecule has 102 valence electrons. The molecule has 0 amide bonds. The molecule has 1 aromatic carbocycles. The lowest BCUT2D eigenvalue weighted by atomic mass is 10.3. The molecule has 0 saturated heterocycles. The van der Waals surface area contributed by atoms with Crippen LogP contribution >= 0.6 is 0 Å². The van der Waals surface area contributed by atoms with Crippen LogP contribution in [0.4, 0.5) is 0 Å². The van der Waals surface area contributed by atoms with Gasteiger partial charge in [-0.15, -0.1) is 0 Å². The van der Waals surface area contributed by atoms with E-state index in [9.17, 15) is 9.59 Å². The summed E-state index contributed by atoms with van der Waals surface area (Å²) in [6.07, 6.45) is -0.652. The maximum atomic E-state index is 11.2. The molecule has 0 aromatic heterocycles. The van der Waals surface area contributed by atoms with Gasteiger partial charge in [-0.2, -0.15) is 0 Å². The number of esters is 1. The van der Waals surface area contributed by atoms with Gasteiger partial charge in [-0.3, -0.25) is 4.79 Å². The molecule has 0 aliphatic carbocycles. The average molecular weight is 264 g/mol. The van der Waals surface area contributed by atoms with Crippen LogP contribution in [0.3, 0.4) is 0 Å². The second kappa shape index (κ2) is 7.92. The molecule has 0 saturated carbocycles. The molecular formula is C14H16O5. The van der Waals surface area contributed by atoms with Gasteiger partial charge in [-0.25, -0.2) is 4.79 Å². The van der Waals surface area contributed by atoms with E-state index in [-0.39, 0.29) is 18.8 Å². The second-order valence-corrected chi connectivity index (χ2v) is 3.86. The van der Waals surface area contributed by atoms with Crippen LogP contribution in [0.2, 0.25) is 0 Å².